The molecule has 1 N–H and O–H groups in total. The topological polar surface area (TPSA) is 56.6 Å². The summed E-state index contributed by atoms with van der Waals surface area (Å²) in [6, 6.07) is 18.8. The number of Topliss-reactive ketones (excluding diaryl/α,β-unsaturated/α-hetero) is 1. The number of aromatic amines is 1. The van der Waals surface area contributed by atoms with Crippen molar-refractivity contribution in [2.75, 3.05) is 0 Å². The van der Waals surface area contributed by atoms with E-state index in [1.54, 1.807) is 6.20 Å². The molecule has 3 nitrogen and oxygen atoms in total. The van der Waals surface area contributed by atoms with Gasteiger partial charge in [0.1, 0.15) is 6.07 Å². The van der Waals surface area contributed by atoms with Crippen molar-refractivity contribution in [3.05, 3.63) is 71.4 Å². The van der Waals surface area contributed by atoms with Gasteiger partial charge in [-0.15, -0.1) is 0 Å². The molecule has 1 aromatic heterocycles. The molecule has 0 radical (unpaired) electrons. The van der Waals surface area contributed by atoms with Crippen LogP contribution < -0.4 is 0 Å². The summed E-state index contributed by atoms with van der Waals surface area (Å²) < 4.78 is 0. The van der Waals surface area contributed by atoms with Gasteiger partial charge in [-0.05, 0) is 93.1 Å². The standard InChI is InChI=1S/C30H34N2O/c31-19-26-20-32-29-18-25(14-15-28(26)29)30(33)11-5-9-22-16-23-12-13-24(17-22)27(23)10-4-8-21-6-2-1-3-7-21/h1-3,6-7,14-15,18,20,22-24,27,32H,4-5,8-13,16-17H2/t22?,23-,24+,27?. The molecular formula is C30H34N2O. The maximum Gasteiger partial charge on any atom is 0.162 e. The van der Waals surface area contributed by atoms with Crippen molar-refractivity contribution >= 4 is 16.7 Å². The SMILES string of the molecule is N#Cc1c[nH]c2cc(C(=O)CCCC3C[C@H]4CC[C@@H](C3)C4CCCc3ccccc3)ccc12. The summed E-state index contributed by atoms with van der Waals surface area (Å²) in [5.41, 5.74) is 3.74. The Morgan fingerprint density at radius 2 is 1.79 bits per heavy atom. The number of ketones is 1. The average Bonchev–Trinajstić information content (AvgIpc) is 3.36. The number of nitrogens with one attached hydrogen (secondary N) is 1. The maximum atomic E-state index is 12.8. The van der Waals surface area contributed by atoms with Gasteiger partial charge in [0.05, 0.1) is 5.56 Å². The predicted molar refractivity (Wildman–Crippen MR) is 133 cm³/mol. The molecule has 2 saturated carbocycles. The number of hydrogen-bond acceptors (Lipinski definition) is 2. The first-order valence-corrected chi connectivity index (χ1v) is 12.8. The summed E-state index contributed by atoms with van der Waals surface area (Å²) in [4.78, 5) is 15.9. The molecule has 0 amide bonds. The molecule has 170 valence electrons. The molecule has 2 aliphatic carbocycles. The highest BCUT2D eigenvalue weighted by molar-refractivity contribution is 6.00. The van der Waals surface area contributed by atoms with Gasteiger partial charge in [-0.25, -0.2) is 0 Å². The van der Waals surface area contributed by atoms with E-state index in [0.29, 0.717) is 12.0 Å². The van der Waals surface area contributed by atoms with Crippen molar-refractivity contribution in [2.45, 2.75) is 64.2 Å². The van der Waals surface area contributed by atoms with Crippen LogP contribution in [0.25, 0.3) is 10.9 Å². The lowest BCUT2D eigenvalue weighted by Crippen LogP contribution is -2.26. The Morgan fingerprint density at radius 3 is 2.55 bits per heavy atom. The second-order valence-corrected chi connectivity index (χ2v) is 10.4. The molecule has 5 rings (SSSR count). The zero-order chi connectivity index (χ0) is 22.6. The highest BCUT2D eigenvalue weighted by Gasteiger charge is 2.41. The minimum absolute atomic E-state index is 0.225. The molecule has 3 aromatic rings. The fourth-order valence-corrected chi connectivity index (χ4v) is 6.76. The monoisotopic (exact) mass is 438 g/mol. The molecule has 2 unspecified atom stereocenters. The number of nitriles is 1. The molecule has 1 heterocycles. The van der Waals surface area contributed by atoms with Gasteiger partial charge in [-0.2, -0.15) is 5.26 Å². The van der Waals surface area contributed by atoms with Crippen LogP contribution >= 0.6 is 0 Å². The van der Waals surface area contributed by atoms with E-state index in [1.165, 1.54) is 56.9 Å². The van der Waals surface area contributed by atoms with Gasteiger partial charge in [-0.3, -0.25) is 4.79 Å². The van der Waals surface area contributed by atoms with E-state index >= 15 is 0 Å². The molecule has 0 saturated heterocycles. The molecule has 2 bridgehead atoms. The van der Waals surface area contributed by atoms with E-state index in [4.69, 9.17) is 5.26 Å². The molecular weight excluding hydrogens is 404 g/mol. The maximum absolute atomic E-state index is 12.8. The largest absolute Gasteiger partial charge is 0.360 e. The van der Waals surface area contributed by atoms with Gasteiger partial charge in [0, 0.05) is 29.1 Å². The summed E-state index contributed by atoms with van der Waals surface area (Å²) in [6.07, 6.45) is 14.1. The normalized spacial score (nSPS) is 24.1. The van der Waals surface area contributed by atoms with Crippen molar-refractivity contribution in [1.82, 2.24) is 4.98 Å². The highest BCUT2D eigenvalue weighted by atomic mass is 16.1. The van der Waals surface area contributed by atoms with E-state index in [1.807, 2.05) is 18.2 Å². The minimum Gasteiger partial charge on any atom is -0.360 e. The third kappa shape index (κ3) is 4.91. The zero-order valence-corrected chi connectivity index (χ0v) is 19.4. The first-order valence-electron chi connectivity index (χ1n) is 12.8. The number of nitrogens with zero attached hydrogens (tertiary/aromatic N) is 1. The van der Waals surface area contributed by atoms with E-state index in [-0.39, 0.29) is 5.78 Å². The number of hydrogen-bond donors (Lipinski definition) is 1. The third-order valence-electron chi connectivity index (χ3n) is 8.38. The Labute approximate surface area is 197 Å². The van der Waals surface area contributed by atoms with Gasteiger partial charge >= 0.3 is 0 Å². The first-order chi connectivity index (χ1) is 16.2. The lowest BCUT2D eigenvalue weighted by Gasteiger charge is -2.35. The number of fused-ring (bicyclic) bond motifs is 3. The molecule has 33 heavy (non-hydrogen) atoms. The number of aryl methyl sites for hydroxylation is 1. The van der Waals surface area contributed by atoms with Crippen LogP contribution in [0.1, 0.15) is 79.3 Å². The highest BCUT2D eigenvalue weighted by Crippen LogP contribution is 2.51. The molecule has 4 atom stereocenters. The van der Waals surface area contributed by atoms with E-state index in [2.05, 4.69) is 41.4 Å². The molecule has 2 fully saturated rings. The fourth-order valence-electron chi connectivity index (χ4n) is 6.76. The molecule has 0 spiro atoms. The second kappa shape index (κ2) is 9.96. The van der Waals surface area contributed by atoms with Crippen LogP contribution in [-0.4, -0.2) is 10.8 Å². The van der Waals surface area contributed by atoms with Gasteiger partial charge < -0.3 is 4.98 Å². The van der Waals surface area contributed by atoms with Crippen molar-refractivity contribution in [2.24, 2.45) is 23.7 Å². The zero-order valence-electron chi connectivity index (χ0n) is 19.4. The lowest BCUT2D eigenvalue weighted by atomic mass is 9.70. The summed E-state index contributed by atoms with van der Waals surface area (Å²) >= 11 is 0. The van der Waals surface area contributed by atoms with E-state index < -0.39 is 0 Å². The van der Waals surface area contributed by atoms with Crippen molar-refractivity contribution in [3.8, 4) is 6.07 Å². The second-order valence-electron chi connectivity index (χ2n) is 10.4. The van der Waals surface area contributed by atoms with Gasteiger partial charge in [0.25, 0.3) is 0 Å². The average molecular weight is 439 g/mol. The van der Waals surface area contributed by atoms with E-state index in [0.717, 1.165) is 46.6 Å². The number of carbonyl (C=O) groups excluding carboxylic acids is 1. The smallest absolute Gasteiger partial charge is 0.162 e. The van der Waals surface area contributed by atoms with Crippen LogP contribution in [0.5, 0.6) is 0 Å². The Kier molecular flexibility index (Phi) is 6.63. The van der Waals surface area contributed by atoms with Crippen LogP contribution in [0.3, 0.4) is 0 Å². The summed E-state index contributed by atoms with van der Waals surface area (Å²) in [6.45, 7) is 0. The predicted octanol–water partition coefficient (Wildman–Crippen LogP) is 7.47. The number of carbonyl (C=O) groups is 1. The van der Waals surface area contributed by atoms with Crippen LogP contribution in [0.4, 0.5) is 0 Å². The van der Waals surface area contributed by atoms with Crippen molar-refractivity contribution in [3.63, 3.8) is 0 Å². The molecule has 0 aliphatic heterocycles. The lowest BCUT2D eigenvalue weighted by molar-refractivity contribution is 0.0971. The molecule has 2 aromatic carbocycles. The van der Waals surface area contributed by atoms with Gasteiger partial charge in [-0.1, -0.05) is 42.5 Å². The van der Waals surface area contributed by atoms with E-state index in [9.17, 15) is 4.79 Å². The quantitative estimate of drug-likeness (QED) is 0.352. The Bertz CT molecular complexity index is 1130. The third-order valence-corrected chi connectivity index (χ3v) is 8.38. The molecule has 3 heteroatoms. The van der Waals surface area contributed by atoms with Gasteiger partial charge in [0.15, 0.2) is 5.78 Å². The molecule has 2 aliphatic rings. The van der Waals surface area contributed by atoms with Crippen LogP contribution in [0.15, 0.2) is 54.7 Å². The van der Waals surface area contributed by atoms with Crippen LogP contribution in [0, 0.1) is 35.0 Å². The summed E-state index contributed by atoms with van der Waals surface area (Å²) in [5, 5.41) is 10.0. The van der Waals surface area contributed by atoms with Gasteiger partial charge in [0.2, 0.25) is 0 Å². The van der Waals surface area contributed by atoms with Crippen LogP contribution in [0.2, 0.25) is 0 Å². The number of benzene rings is 2. The fraction of sp³-hybridized carbons (Fsp3) is 0.467. The summed E-state index contributed by atoms with van der Waals surface area (Å²) in [7, 11) is 0. The Balaban J connectivity index is 1.07. The number of H-pyrrole nitrogens is 1. The Morgan fingerprint density at radius 1 is 1.00 bits per heavy atom. The van der Waals surface area contributed by atoms with Crippen molar-refractivity contribution < 1.29 is 4.79 Å². The summed E-state index contributed by atoms with van der Waals surface area (Å²) in [5.74, 6) is 3.82. The number of aromatic nitrogens is 1. The number of rotatable bonds is 9. The minimum atomic E-state index is 0.225. The Hall–Kier alpha value is -2.86. The van der Waals surface area contributed by atoms with Crippen LogP contribution in [-0.2, 0) is 6.42 Å². The van der Waals surface area contributed by atoms with Crippen molar-refractivity contribution in [1.29, 1.82) is 5.26 Å². The first kappa shape index (κ1) is 22.0.